The van der Waals surface area contributed by atoms with E-state index in [1.807, 2.05) is 0 Å². The molecule has 0 heterocycles. The van der Waals surface area contributed by atoms with Crippen LogP contribution in [0.25, 0.3) is 0 Å². The Morgan fingerprint density at radius 3 is 2.10 bits per heavy atom. The number of carbonyl (C=O) groups is 2. The summed E-state index contributed by atoms with van der Waals surface area (Å²) in [6.45, 7) is 1.83. The van der Waals surface area contributed by atoms with Crippen molar-refractivity contribution in [3.63, 3.8) is 0 Å². The average Bonchev–Trinajstić information content (AvgIpc) is 2.45. The zero-order chi connectivity index (χ0) is 15.5. The van der Waals surface area contributed by atoms with Crippen LogP contribution in [0.1, 0.15) is 16.8 Å². The van der Waals surface area contributed by atoms with Crippen molar-refractivity contribution in [2.45, 2.75) is 6.42 Å². The molecule has 1 amide bonds. The van der Waals surface area contributed by atoms with Gasteiger partial charge in [-0.15, -0.1) is 0 Å². The second-order valence-electron chi connectivity index (χ2n) is 4.12. The maximum absolute atomic E-state index is 10.7. The highest BCUT2D eigenvalue weighted by atomic mass is 16.5. The van der Waals surface area contributed by atoms with Crippen LogP contribution in [0.4, 0.5) is 0 Å². The van der Waals surface area contributed by atoms with Crippen molar-refractivity contribution in [3.8, 4) is 5.75 Å². The third kappa shape index (κ3) is 7.91. The number of carbonyl (C=O) groups excluding carboxylic acids is 1. The number of ether oxygens (including phenoxy) is 3. The van der Waals surface area contributed by atoms with Crippen LogP contribution in [0.15, 0.2) is 24.3 Å². The number of carboxylic acids is 1. The van der Waals surface area contributed by atoms with Crippen molar-refractivity contribution in [2.24, 2.45) is 5.73 Å². The number of benzene rings is 1. The lowest BCUT2D eigenvalue weighted by Gasteiger charge is -2.07. The summed E-state index contributed by atoms with van der Waals surface area (Å²) in [7, 11) is 0. The van der Waals surface area contributed by atoms with E-state index in [2.05, 4.69) is 0 Å². The van der Waals surface area contributed by atoms with Crippen molar-refractivity contribution in [1.82, 2.24) is 0 Å². The van der Waals surface area contributed by atoms with Gasteiger partial charge in [0.2, 0.25) is 5.91 Å². The summed E-state index contributed by atoms with van der Waals surface area (Å²) in [4.78, 5) is 21.1. The van der Waals surface area contributed by atoms with E-state index in [1.165, 1.54) is 12.1 Å². The Labute approximate surface area is 122 Å². The number of hydrogen-bond donors (Lipinski definition) is 2. The van der Waals surface area contributed by atoms with Crippen LogP contribution in [-0.4, -0.2) is 50.0 Å². The topological polar surface area (TPSA) is 108 Å². The Morgan fingerprint density at radius 1 is 0.952 bits per heavy atom. The van der Waals surface area contributed by atoms with Gasteiger partial charge in [-0.2, -0.15) is 0 Å². The Kier molecular flexibility index (Phi) is 7.85. The number of rotatable bonds is 11. The number of hydrogen-bond acceptors (Lipinski definition) is 5. The molecule has 0 saturated carbocycles. The van der Waals surface area contributed by atoms with E-state index in [-0.39, 0.29) is 12.0 Å². The van der Waals surface area contributed by atoms with E-state index in [0.717, 1.165) is 0 Å². The molecule has 7 nitrogen and oxygen atoms in total. The van der Waals surface area contributed by atoms with E-state index in [4.69, 9.17) is 25.1 Å². The van der Waals surface area contributed by atoms with Crippen LogP contribution >= 0.6 is 0 Å². The molecule has 0 aliphatic heterocycles. The van der Waals surface area contributed by atoms with Crippen molar-refractivity contribution in [3.05, 3.63) is 29.8 Å². The number of primary amides is 1. The van der Waals surface area contributed by atoms with Gasteiger partial charge in [-0.05, 0) is 24.3 Å². The van der Waals surface area contributed by atoms with Crippen molar-refractivity contribution in [2.75, 3.05) is 33.0 Å². The minimum absolute atomic E-state index is 0.204. The maximum atomic E-state index is 10.7. The SMILES string of the molecule is NC(=O)CCOCCOCCOc1ccc(C(=O)O)cc1. The average molecular weight is 297 g/mol. The van der Waals surface area contributed by atoms with Gasteiger partial charge in [-0.25, -0.2) is 4.79 Å². The van der Waals surface area contributed by atoms with E-state index in [0.29, 0.717) is 38.8 Å². The molecule has 0 aliphatic rings. The van der Waals surface area contributed by atoms with E-state index < -0.39 is 11.9 Å². The first-order valence-electron chi connectivity index (χ1n) is 6.49. The van der Waals surface area contributed by atoms with Gasteiger partial charge in [0.15, 0.2) is 0 Å². The van der Waals surface area contributed by atoms with Crippen molar-refractivity contribution in [1.29, 1.82) is 0 Å². The minimum Gasteiger partial charge on any atom is -0.491 e. The van der Waals surface area contributed by atoms with Crippen LogP contribution in [-0.2, 0) is 14.3 Å². The molecule has 0 aromatic heterocycles. The highest BCUT2D eigenvalue weighted by Gasteiger charge is 2.02. The van der Waals surface area contributed by atoms with E-state index in [1.54, 1.807) is 12.1 Å². The number of aromatic carboxylic acids is 1. The van der Waals surface area contributed by atoms with Crippen LogP contribution in [0.3, 0.4) is 0 Å². The van der Waals surface area contributed by atoms with Gasteiger partial charge < -0.3 is 25.1 Å². The first kappa shape index (κ1) is 16.9. The number of amides is 1. The molecule has 1 aromatic rings. The monoisotopic (exact) mass is 297 g/mol. The van der Waals surface area contributed by atoms with E-state index >= 15 is 0 Å². The molecule has 0 atom stereocenters. The lowest BCUT2D eigenvalue weighted by molar-refractivity contribution is -0.119. The zero-order valence-electron chi connectivity index (χ0n) is 11.6. The molecule has 116 valence electrons. The molecule has 7 heteroatoms. The van der Waals surface area contributed by atoms with E-state index in [9.17, 15) is 9.59 Å². The molecule has 0 spiro atoms. The van der Waals surface area contributed by atoms with Gasteiger partial charge in [0, 0.05) is 6.42 Å². The number of carboxylic acid groups (broad SMARTS) is 1. The first-order valence-corrected chi connectivity index (χ1v) is 6.49. The molecule has 21 heavy (non-hydrogen) atoms. The Morgan fingerprint density at radius 2 is 1.52 bits per heavy atom. The van der Waals surface area contributed by atoms with Gasteiger partial charge >= 0.3 is 5.97 Å². The Hall–Kier alpha value is -2.12. The minimum atomic E-state index is -0.971. The van der Waals surface area contributed by atoms with Gasteiger partial charge in [0.05, 0.1) is 32.0 Å². The summed E-state index contributed by atoms with van der Waals surface area (Å²) in [6.07, 6.45) is 0.204. The van der Waals surface area contributed by atoms with Crippen molar-refractivity contribution >= 4 is 11.9 Å². The molecule has 0 saturated heterocycles. The predicted octanol–water partition coefficient (Wildman–Crippen LogP) is 0.672. The quantitative estimate of drug-likeness (QED) is 0.581. The summed E-state index contributed by atoms with van der Waals surface area (Å²) in [5.74, 6) is -0.777. The second kappa shape index (κ2) is 9.73. The largest absolute Gasteiger partial charge is 0.491 e. The molecule has 0 aliphatic carbocycles. The molecule has 0 radical (unpaired) electrons. The first-order chi connectivity index (χ1) is 10.1. The molecule has 0 bridgehead atoms. The van der Waals surface area contributed by atoms with Gasteiger partial charge in [-0.1, -0.05) is 0 Å². The molecular formula is C14H19NO6. The predicted molar refractivity (Wildman–Crippen MR) is 74.3 cm³/mol. The van der Waals surface area contributed by atoms with Crippen LogP contribution in [0.2, 0.25) is 0 Å². The molecule has 0 unspecified atom stereocenters. The molecule has 1 aromatic carbocycles. The molecular weight excluding hydrogens is 278 g/mol. The highest BCUT2D eigenvalue weighted by Crippen LogP contribution is 2.11. The maximum Gasteiger partial charge on any atom is 0.335 e. The summed E-state index contributed by atoms with van der Waals surface area (Å²) in [5, 5.41) is 8.74. The van der Waals surface area contributed by atoms with Gasteiger partial charge in [0.1, 0.15) is 12.4 Å². The normalized spacial score (nSPS) is 10.3. The number of nitrogens with two attached hydrogens (primary N) is 1. The van der Waals surface area contributed by atoms with Crippen LogP contribution < -0.4 is 10.5 Å². The third-order valence-electron chi connectivity index (χ3n) is 2.46. The van der Waals surface area contributed by atoms with Crippen LogP contribution in [0, 0.1) is 0 Å². The molecule has 0 fully saturated rings. The summed E-state index contributed by atoms with van der Waals surface area (Å²) in [6, 6.07) is 6.14. The highest BCUT2D eigenvalue weighted by molar-refractivity contribution is 5.87. The smallest absolute Gasteiger partial charge is 0.335 e. The fraction of sp³-hybridized carbons (Fsp3) is 0.429. The second-order valence-corrected chi connectivity index (χ2v) is 4.12. The fourth-order valence-corrected chi connectivity index (χ4v) is 1.41. The van der Waals surface area contributed by atoms with Crippen LogP contribution in [0.5, 0.6) is 5.75 Å². The van der Waals surface area contributed by atoms with Gasteiger partial charge in [-0.3, -0.25) is 4.79 Å². The van der Waals surface area contributed by atoms with Crippen molar-refractivity contribution < 1.29 is 28.9 Å². The Bertz CT molecular complexity index is 445. The fourth-order valence-electron chi connectivity index (χ4n) is 1.41. The lowest BCUT2D eigenvalue weighted by atomic mass is 10.2. The summed E-state index contributed by atoms with van der Waals surface area (Å²) < 4.78 is 15.8. The molecule has 3 N–H and O–H groups in total. The summed E-state index contributed by atoms with van der Waals surface area (Å²) in [5.41, 5.74) is 5.17. The lowest BCUT2D eigenvalue weighted by Crippen LogP contribution is -2.15. The summed E-state index contributed by atoms with van der Waals surface area (Å²) >= 11 is 0. The zero-order valence-corrected chi connectivity index (χ0v) is 11.6. The Balaban J connectivity index is 2.01. The van der Waals surface area contributed by atoms with Gasteiger partial charge in [0.25, 0.3) is 0 Å². The third-order valence-corrected chi connectivity index (χ3v) is 2.46. The molecule has 1 rings (SSSR count). The standard InChI is InChI=1S/C14H19NO6/c15-13(16)5-6-19-7-8-20-9-10-21-12-3-1-11(2-4-12)14(17)18/h1-4H,5-10H2,(H2,15,16)(H,17,18).